The summed E-state index contributed by atoms with van der Waals surface area (Å²) >= 11 is 1.63. The lowest BCUT2D eigenvalue weighted by Gasteiger charge is -2.08. The number of rotatable bonds is 5. The molecule has 0 spiro atoms. The molecule has 0 saturated heterocycles. The fourth-order valence-corrected chi connectivity index (χ4v) is 3.18. The first kappa shape index (κ1) is 14.7. The van der Waals surface area contributed by atoms with Crippen LogP contribution in [-0.4, -0.2) is 21.8 Å². The topological polar surface area (TPSA) is 46.4 Å². The highest BCUT2D eigenvalue weighted by Gasteiger charge is 2.11. The van der Waals surface area contributed by atoms with Crippen molar-refractivity contribution >= 4 is 23.3 Å². The molecule has 0 unspecified atom stereocenters. The highest BCUT2D eigenvalue weighted by Crippen LogP contribution is 2.26. The molecule has 0 atom stereocenters. The van der Waals surface area contributed by atoms with Crippen molar-refractivity contribution in [2.45, 2.75) is 17.6 Å². The molecular weight excluding hydrogens is 294 g/mol. The standard InChI is InChI=1S/C17H17N3OS/c1-2-18-17(21)14-7-3-4-8-15(14)22-12-13-11-20-10-6-5-9-16(20)19-13/h3-11H,2,12H2,1H3,(H,18,21). The van der Waals surface area contributed by atoms with Crippen LogP contribution in [0, 0.1) is 0 Å². The molecule has 112 valence electrons. The highest BCUT2D eigenvalue weighted by molar-refractivity contribution is 7.98. The van der Waals surface area contributed by atoms with E-state index in [-0.39, 0.29) is 5.91 Å². The first-order valence-corrected chi connectivity index (χ1v) is 8.19. The predicted molar refractivity (Wildman–Crippen MR) is 89.2 cm³/mol. The van der Waals surface area contributed by atoms with Gasteiger partial charge in [-0.1, -0.05) is 18.2 Å². The third-order valence-corrected chi connectivity index (χ3v) is 4.37. The van der Waals surface area contributed by atoms with E-state index in [2.05, 4.69) is 10.3 Å². The number of hydrogen-bond acceptors (Lipinski definition) is 3. The van der Waals surface area contributed by atoms with Gasteiger partial charge in [0.1, 0.15) is 5.65 Å². The largest absolute Gasteiger partial charge is 0.352 e. The monoisotopic (exact) mass is 311 g/mol. The minimum Gasteiger partial charge on any atom is -0.352 e. The van der Waals surface area contributed by atoms with Gasteiger partial charge in [-0.25, -0.2) is 4.98 Å². The van der Waals surface area contributed by atoms with Crippen LogP contribution in [0.1, 0.15) is 23.0 Å². The molecule has 0 fully saturated rings. The number of hydrogen-bond donors (Lipinski definition) is 1. The maximum Gasteiger partial charge on any atom is 0.252 e. The summed E-state index contributed by atoms with van der Waals surface area (Å²) in [4.78, 5) is 17.6. The zero-order valence-corrected chi connectivity index (χ0v) is 13.1. The van der Waals surface area contributed by atoms with Crippen molar-refractivity contribution in [3.8, 4) is 0 Å². The van der Waals surface area contributed by atoms with E-state index in [9.17, 15) is 4.79 Å². The maximum atomic E-state index is 12.1. The SMILES string of the molecule is CCNC(=O)c1ccccc1SCc1cn2ccccc2n1. The van der Waals surface area contributed by atoms with Crippen molar-refractivity contribution in [2.75, 3.05) is 6.54 Å². The van der Waals surface area contributed by atoms with E-state index in [0.29, 0.717) is 6.54 Å². The van der Waals surface area contributed by atoms with E-state index < -0.39 is 0 Å². The van der Waals surface area contributed by atoms with Crippen molar-refractivity contribution in [1.29, 1.82) is 0 Å². The Kier molecular flexibility index (Phi) is 4.44. The van der Waals surface area contributed by atoms with Gasteiger partial charge >= 0.3 is 0 Å². The van der Waals surface area contributed by atoms with Gasteiger partial charge in [-0.15, -0.1) is 11.8 Å². The molecule has 3 aromatic rings. The third-order valence-electron chi connectivity index (χ3n) is 3.26. The van der Waals surface area contributed by atoms with Crippen LogP contribution in [0.4, 0.5) is 0 Å². The van der Waals surface area contributed by atoms with Crippen LogP contribution in [0.5, 0.6) is 0 Å². The summed E-state index contributed by atoms with van der Waals surface area (Å²) in [6.45, 7) is 2.55. The van der Waals surface area contributed by atoms with Crippen molar-refractivity contribution in [3.05, 3.63) is 66.1 Å². The zero-order valence-electron chi connectivity index (χ0n) is 12.3. The number of imidazole rings is 1. The maximum absolute atomic E-state index is 12.1. The molecule has 1 N–H and O–H groups in total. The molecule has 0 aliphatic carbocycles. The summed E-state index contributed by atoms with van der Waals surface area (Å²) in [5, 5.41) is 2.85. The first-order chi connectivity index (χ1) is 10.8. The smallest absolute Gasteiger partial charge is 0.252 e. The number of nitrogens with zero attached hydrogens (tertiary/aromatic N) is 2. The molecule has 0 radical (unpaired) electrons. The summed E-state index contributed by atoms with van der Waals surface area (Å²) in [5.41, 5.74) is 2.66. The second kappa shape index (κ2) is 6.66. The van der Waals surface area contributed by atoms with Gasteiger partial charge in [0, 0.05) is 29.6 Å². The molecule has 0 saturated carbocycles. The Balaban J connectivity index is 1.77. The van der Waals surface area contributed by atoms with Gasteiger partial charge in [0.2, 0.25) is 0 Å². The van der Waals surface area contributed by atoms with Crippen LogP contribution in [0.15, 0.2) is 59.8 Å². The van der Waals surface area contributed by atoms with E-state index in [0.717, 1.165) is 27.6 Å². The molecule has 0 aliphatic rings. The predicted octanol–water partition coefficient (Wildman–Crippen LogP) is 3.38. The minimum atomic E-state index is -0.0272. The summed E-state index contributed by atoms with van der Waals surface area (Å²) < 4.78 is 2.01. The Labute approximate surface area is 133 Å². The number of thioether (sulfide) groups is 1. The van der Waals surface area contributed by atoms with Gasteiger partial charge in [-0.3, -0.25) is 4.79 Å². The molecular formula is C17H17N3OS. The average molecular weight is 311 g/mol. The fraction of sp³-hybridized carbons (Fsp3) is 0.176. The quantitative estimate of drug-likeness (QED) is 0.735. The van der Waals surface area contributed by atoms with Crippen LogP contribution in [0.25, 0.3) is 5.65 Å². The summed E-state index contributed by atoms with van der Waals surface area (Å²) in [6.07, 6.45) is 4.01. The molecule has 1 amide bonds. The molecule has 5 heteroatoms. The number of fused-ring (bicyclic) bond motifs is 1. The number of benzene rings is 1. The van der Waals surface area contributed by atoms with Gasteiger partial charge in [-0.05, 0) is 31.2 Å². The van der Waals surface area contributed by atoms with Gasteiger partial charge in [0.25, 0.3) is 5.91 Å². The van der Waals surface area contributed by atoms with Gasteiger partial charge in [0.05, 0.1) is 11.3 Å². The Morgan fingerprint density at radius 3 is 2.86 bits per heavy atom. The van der Waals surface area contributed by atoms with Crippen LogP contribution in [0.2, 0.25) is 0 Å². The van der Waals surface area contributed by atoms with Gasteiger partial charge in [-0.2, -0.15) is 0 Å². The number of carbonyl (C=O) groups is 1. The van der Waals surface area contributed by atoms with E-state index >= 15 is 0 Å². The van der Waals surface area contributed by atoms with Gasteiger partial charge in [0.15, 0.2) is 0 Å². The lowest BCUT2D eigenvalue weighted by molar-refractivity contribution is 0.0953. The van der Waals surface area contributed by atoms with Crippen molar-refractivity contribution in [1.82, 2.24) is 14.7 Å². The number of pyridine rings is 1. The summed E-state index contributed by atoms with van der Waals surface area (Å²) in [7, 11) is 0. The third kappa shape index (κ3) is 3.14. The lowest BCUT2D eigenvalue weighted by atomic mass is 10.2. The Bertz CT molecular complexity index is 764. The second-order valence-corrected chi connectivity index (χ2v) is 5.86. The van der Waals surface area contributed by atoms with Crippen LogP contribution >= 0.6 is 11.8 Å². The zero-order chi connectivity index (χ0) is 15.4. The number of aromatic nitrogens is 2. The molecule has 0 bridgehead atoms. The van der Waals surface area contributed by atoms with Gasteiger partial charge < -0.3 is 9.72 Å². The van der Waals surface area contributed by atoms with Crippen molar-refractivity contribution in [3.63, 3.8) is 0 Å². The number of carbonyl (C=O) groups excluding carboxylic acids is 1. The molecule has 4 nitrogen and oxygen atoms in total. The molecule has 3 rings (SSSR count). The number of amides is 1. The second-order valence-electron chi connectivity index (χ2n) is 4.84. The molecule has 2 aromatic heterocycles. The molecule has 22 heavy (non-hydrogen) atoms. The molecule has 1 aromatic carbocycles. The summed E-state index contributed by atoms with van der Waals surface area (Å²) in [5.74, 6) is 0.707. The first-order valence-electron chi connectivity index (χ1n) is 7.20. The fourth-order valence-electron chi connectivity index (χ4n) is 2.24. The number of nitrogens with one attached hydrogen (secondary N) is 1. The van der Waals surface area contributed by atoms with Crippen LogP contribution < -0.4 is 5.32 Å². The Morgan fingerprint density at radius 2 is 2.05 bits per heavy atom. The normalized spacial score (nSPS) is 10.8. The Morgan fingerprint density at radius 1 is 1.23 bits per heavy atom. The summed E-state index contributed by atoms with van der Waals surface area (Å²) in [6, 6.07) is 13.6. The van der Waals surface area contributed by atoms with E-state index in [1.807, 2.05) is 66.2 Å². The average Bonchev–Trinajstić information content (AvgIpc) is 2.96. The van der Waals surface area contributed by atoms with Crippen LogP contribution in [0.3, 0.4) is 0 Å². The minimum absolute atomic E-state index is 0.0272. The molecule has 0 aliphatic heterocycles. The Hall–Kier alpha value is -2.27. The van der Waals surface area contributed by atoms with Crippen molar-refractivity contribution in [2.24, 2.45) is 0 Å². The lowest BCUT2D eigenvalue weighted by Crippen LogP contribution is -2.23. The van der Waals surface area contributed by atoms with Crippen molar-refractivity contribution < 1.29 is 4.79 Å². The molecule has 2 heterocycles. The van der Waals surface area contributed by atoms with E-state index in [4.69, 9.17) is 0 Å². The van der Waals surface area contributed by atoms with E-state index in [1.54, 1.807) is 11.8 Å². The highest BCUT2D eigenvalue weighted by atomic mass is 32.2. The van der Waals surface area contributed by atoms with E-state index in [1.165, 1.54) is 0 Å². The van der Waals surface area contributed by atoms with Crippen LogP contribution in [-0.2, 0) is 5.75 Å².